The lowest BCUT2D eigenvalue weighted by Gasteiger charge is -2.18. The second-order valence-electron chi connectivity index (χ2n) is 4.08. The molecule has 0 bridgehead atoms. The second kappa shape index (κ2) is 4.23. The average Bonchev–Trinajstić information content (AvgIpc) is 2.58. The highest BCUT2D eigenvalue weighted by Crippen LogP contribution is 2.29. The number of hydrogen-bond acceptors (Lipinski definition) is 4. The smallest absolute Gasteiger partial charge is 0.222 e. The van der Waals surface area contributed by atoms with Gasteiger partial charge in [0.25, 0.3) is 0 Å². The third-order valence-electron chi connectivity index (χ3n) is 2.95. The number of nitrogens with one attached hydrogen (secondary N) is 1. The van der Waals surface area contributed by atoms with Crippen molar-refractivity contribution in [2.75, 3.05) is 11.1 Å². The minimum atomic E-state index is 0.257. The van der Waals surface area contributed by atoms with Gasteiger partial charge in [0.15, 0.2) is 5.82 Å². The Morgan fingerprint density at radius 3 is 3.00 bits per heavy atom. The zero-order valence-corrected chi connectivity index (χ0v) is 9.46. The summed E-state index contributed by atoms with van der Waals surface area (Å²) in [5, 5.41) is 3.87. The number of aromatic nitrogens is 2. The minimum absolute atomic E-state index is 0.257. The molecule has 1 heterocycles. The van der Waals surface area contributed by atoms with Crippen molar-refractivity contribution >= 4 is 23.4 Å². The van der Waals surface area contributed by atoms with Crippen molar-refractivity contribution in [1.82, 2.24) is 9.97 Å². The molecule has 1 fully saturated rings. The summed E-state index contributed by atoms with van der Waals surface area (Å²) in [6.45, 7) is 2.24. The molecule has 82 valence electrons. The third-order valence-corrected chi connectivity index (χ3v) is 3.22. The Morgan fingerprint density at radius 2 is 2.33 bits per heavy atom. The third kappa shape index (κ3) is 2.31. The Balaban J connectivity index is 2.12. The van der Waals surface area contributed by atoms with E-state index in [0.29, 0.717) is 22.8 Å². The molecular formula is C10H15ClN4. The van der Waals surface area contributed by atoms with Gasteiger partial charge in [-0.05, 0) is 18.8 Å². The number of nitrogen functional groups attached to an aromatic ring is 1. The van der Waals surface area contributed by atoms with Crippen LogP contribution in [0.3, 0.4) is 0 Å². The second-order valence-corrected chi connectivity index (χ2v) is 4.49. The molecular weight excluding hydrogens is 212 g/mol. The summed E-state index contributed by atoms with van der Waals surface area (Å²) in [6.07, 6.45) is 5.22. The van der Waals surface area contributed by atoms with Crippen LogP contribution in [0.15, 0.2) is 6.20 Å². The van der Waals surface area contributed by atoms with Crippen molar-refractivity contribution < 1.29 is 0 Å². The van der Waals surface area contributed by atoms with Gasteiger partial charge in [-0.15, -0.1) is 0 Å². The van der Waals surface area contributed by atoms with Gasteiger partial charge in [-0.25, -0.2) is 4.98 Å². The average molecular weight is 227 g/mol. The fourth-order valence-corrected chi connectivity index (χ4v) is 2.16. The van der Waals surface area contributed by atoms with Gasteiger partial charge in [-0.2, -0.15) is 4.98 Å². The van der Waals surface area contributed by atoms with Gasteiger partial charge < -0.3 is 11.1 Å². The van der Waals surface area contributed by atoms with Crippen LogP contribution in [0.2, 0.25) is 5.02 Å². The Kier molecular flexibility index (Phi) is 2.95. The van der Waals surface area contributed by atoms with Crippen molar-refractivity contribution in [2.45, 2.75) is 32.2 Å². The van der Waals surface area contributed by atoms with E-state index in [1.165, 1.54) is 25.5 Å². The highest BCUT2D eigenvalue weighted by atomic mass is 35.5. The van der Waals surface area contributed by atoms with Gasteiger partial charge in [0, 0.05) is 6.04 Å². The fourth-order valence-electron chi connectivity index (χ4n) is 2.02. The summed E-state index contributed by atoms with van der Waals surface area (Å²) in [6, 6.07) is 0.455. The summed E-state index contributed by atoms with van der Waals surface area (Å²) >= 11 is 5.98. The van der Waals surface area contributed by atoms with Gasteiger partial charge in [0.05, 0.1) is 6.20 Å². The molecule has 0 amide bonds. The summed E-state index contributed by atoms with van der Waals surface area (Å²) in [5.74, 6) is 1.58. The van der Waals surface area contributed by atoms with Crippen molar-refractivity contribution in [2.24, 2.45) is 5.92 Å². The largest absolute Gasteiger partial charge is 0.368 e. The summed E-state index contributed by atoms with van der Waals surface area (Å²) < 4.78 is 0. The van der Waals surface area contributed by atoms with Gasteiger partial charge in [-0.1, -0.05) is 24.9 Å². The maximum absolute atomic E-state index is 5.98. The predicted octanol–water partition coefficient (Wildman–Crippen LogP) is 2.31. The van der Waals surface area contributed by atoms with Crippen LogP contribution >= 0.6 is 11.6 Å². The molecule has 0 saturated heterocycles. The number of halogens is 1. The molecule has 4 nitrogen and oxygen atoms in total. The molecule has 2 unspecified atom stereocenters. The Hall–Kier alpha value is -1.03. The lowest BCUT2D eigenvalue weighted by Crippen LogP contribution is -2.23. The van der Waals surface area contributed by atoms with E-state index >= 15 is 0 Å². The van der Waals surface area contributed by atoms with Gasteiger partial charge >= 0.3 is 0 Å². The van der Waals surface area contributed by atoms with Crippen molar-refractivity contribution in [3.8, 4) is 0 Å². The van der Waals surface area contributed by atoms with Crippen LogP contribution in [0.25, 0.3) is 0 Å². The maximum Gasteiger partial charge on any atom is 0.222 e. The summed E-state index contributed by atoms with van der Waals surface area (Å²) in [7, 11) is 0. The van der Waals surface area contributed by atoms with E-state index in [9.17, 15) is 0 Å². The standard InChI is InChI=1S/C10H15ClN4/c1-6-3-2-4-8(6)14-9-7(11)5-13-10(12)15-9/h5-6,8H,2-4H2,1H3,(H3,12,13,14,15). The van der Waals surface area contributed by atoms with Crippen molar-refractivity contribution in [3.05, 3.63) is 11.2 Å². The number of rotatable bonds is 2. The van der Waals surface area contributed by atoms with E-state index in [0.717, 1.165) is 0 Å². The van der Waals surface area contributed by atoms with E-state index in [4.69, 9.17) is 17.3 Å². The molecule has 0 aliphatic heterocycles. The number of anilines is 2. The first-order chi connectivity index (χ1) is 7.16. The zero-order valence-electron chi connectivity index (χ0n) is 8.70. The molecule has 1 saturated carbocycles. The van der Waals surface area contributed by atoms with Crippen molar-refractivity contribution in [1.29, 1.82) is 0 Å². The highest BCUT2D eigenvalue weighted by Gasteiger charge is 2.24. The molecule has 2 atom stereocenters. The lowest BCUT2D eigenvalue weighted by molar-refractivity contribution is 0.555. The zero-order chi connectivity index (χ0) is 10.8. The predicted molar refractivity (Wildman–Crippen MR) is 61.9 cm³/mol. The molecule has 1 aromatic rings. The molecule has 1 aliphatic carbocycles. The topological polar surface area (TPSA) is 63.8 Å². The summed E-state index contributed by atoms with van der Waals surface area (Å²) in [5.41, 5.74) is 5.52. The van der Waals surface area contributed by atoms with Crippen LogP contribution in [-0.4, -0.2) is 16.0 Å². The summed E-state index contributed by atoms with van der Waals surface area (Å²) in [4.78, 5) is 7.92. The van der Waals surface area contributed by atoms with E-state index in [2.05, 4.69) is 22.2 Å². The molecule has 0 spiro atoms. The molecule has 5 heteroatoms. The Bertz CT molecular complexity index is 355. The van der Waals surface area contributed by atoms with E-state index in [1.54, 1.807) is 0 Å². The van der Waals surface area contributed by atoms with Crippen LogP contribution in [0, 0.1) is 5.92 Å². The van der Waals surface area contributed by atoms with E-state index in [-0.39, 0.29) is 5.95 Å². The number of nitrogens with two attached hydrogens (primary N) is 1. The molecule has 1 aromatic heterocycles. The SMILES string of the molecule is CC1CCCC1Nc1nc(N)ncc1Cl. The normalized spacial score (nSPS) is 25.5. The van der Waals surface area contributed by atoms with Crippen LogP contribution in [0.4, 0.5) is 11.8 Å². The molecule has 0 radical (unpaired) electrons. The van der Waals surface area contributed by atoms with Crippen LogP contribution < -0.4 is 11.1 Å². The highest BCUT2D eigenvalue weighted by molar-refractivity contribution is 6.32. The minimum Gasteiger partial charge on any atom is -0.368 e. The van der Waals surface area contributed by atoms with E-state index < -0.39 is 0 Å². The molecule has 2 rings (SSSR count). The first-order valence-corrected chi connectivity index (χ1v) is 5.59. The van der Waals surface area contributed by atoms with E-state index in [1.807, 2.05) is 0 Å². The van der Waals surface area contributed by atoms with Gasteiger partial charge in [-0.3, -0.25) is 0 Å². The Labute approximate surface area is 94.2 Å². The number of nitrogens with zero attached hydrogens (tertiary/aromatic N) is 2. The molecule has 15 heavy (non-hydrogen) atoms. The van der Waals surface area contributed by atoms with Crippen LogP contribution in [0.1, 0.15) is 26.2 Å². The lowest BCUT2D eigenvalue weighted by atomic mass is 10.1. The quantitative estimate of drug-likeness (QED) is 0.813. The monoisotopic (exact) mass is 226 g/mol. The number of hydrogen-bond donors (Lipinski definition) is 2. The fraction of sp³-hybridized carbons (Fsp3) is 0.600. The molecule has 0 aromatic carbocycles. The molecule has 1 aliphatic rings. The first-order valence-electron chi connectivity index (χ1n) is 5.21. The van der Waals surface area contributed by atoms with Crippen LogP contribution in [-0.2, 0) is 0 Å². The van der Waals surface area contributed by atoms with Crippen molar-refractivity contribution in [3.63, 3.8) is 0 Å². The van der Waals surface area contributed by atoms with Gasteiger partial charge in [0.1, 0.15) is 5.02 Å². The van der Waals surface area contributed by atoms with Crippen LogP contribution in [0.5, 0.6) is 0 Å². The maximum atomic E-state index is 5.98. The van der Waals surface area contributed by atoms with Gasteiger partial charge in [0.2, 0.25) is 5.95 Å². The molecule has 3 N–H and O–H groups in total. The Morgan fingerprint density at radius 1 is 1.53 bits per heavy atom. The first kappa shape index (κ1) is 10.5.